The molecule has 3 unspecified atom stereocenters. The van der Waals surface area contributed by atoms with Crippen molar-refractivity contribution in [2.45, 2.75) is 44.7 Å². The van der Waals surface area contributed by atoms with Crippen LogP contribution in [0.3, 0.4) is 0 Å². The van der Waals surface area contributed by atoms with Crippen LogP contribution in [0.2, 0.25) is 0 Å². The number of nitrogens with one attached hydrogen (secondary N) is 2. The quantitative estimate of drug-likeness (QED) is 0.799. The molecule has 0 radical (unpaired) electrons. The monoisotopic (exact) mass is 264 g/mol. The van der Waals surface area contributed by atoms with E-state index in [2.05, 4.69) is 17.6 Å². The SMILES string of the molecule is CC1CCCC(NC(=O)C2CSCN2)C1.Cl. The Morgan fingerprint density at radius 1 is 1.44 bits per heavy atom. The van der Waals surface area contributed by atoms with E-state index in [0.717, 1.165) is 30.4 Å². The molecule has 16 heavy (non-hydrogen) atoms. The van der Waals surface area contributed by atoms with E-state index in [9.17, 15) is 4.79 Å². The average Bonchev–Trinajstić information content (AvgIpc) is 2.70. The maximum absolute atomic E-state index is 11.8. The van der Waals surface area contributed by atoms with E-state index in [1.807, 2.05) is 0 Å². The van der Waals surface area contributed by atoms with E-state index in [0.29, 0.717) is 6.04 Å². The molecule has 0 aromatic heterocycles. The van der Waals surface area contributed by atoms with Crippen molar-refractivity contribution in [2.24, 2.45) is 5.92 Å². The van der Waals surface area contributed by atoms with E-state index in [4.69, 9.17) is 0 Å². The number of thioether (sulfide) groups is 1. The zero-order valence-corrected chi connectivity index (χ0v) is 11.3. The highest BCUT2D eigenvalue weighted by atomic mass is 35.5. The molecule has 1 amide bonds. The highest BCUT2D eigenvalue weighted by Crippen LogP contribution is 2.23. The lowest BCUT2D eigenvalue weighted by atomic mass is 9.87. The summed E-state index contributed by atoms with van der Waals surface area (Å²) in [6.45, 7) is 2.28. The number of carbonyl (C=O) groups excluding carboxylic acids is 1. The first-order valence-electron chi connectivity index (χ1n) is 5.87. The van der Waals surface area contributed by atoms with E-state index < -0.39 is 0 Å². The molecule has 0 spiro atoms. The van der Waals surface area contributed by atoms with Crippen molar-refractivity contribution < 1.29 is 4.79 Å². The Balaban J connectivity index is 0.00000128. The summed E-state index contributed by atoms with van der Waals surface area (Å²) in [6, 6.07) is 0.473. The first kappa shape index (κ1) is 14.1. The molecule has 0 aromatic carbocycles. The summed E-state index contributed by atoms with van der Waals surface area (Å²) in [7, 11) is 0. The molecule has 3 nitrogen and oxygen atoms in total. The van der Waals surface area contributed by atoms with Crippen molar-refractivity contribution in [3.63, 3.8) is 0 Å². The number of halogens is 1. The molecule has 1 heterocycles. The van der Waals surface area contributed by atoms with Gasteiger partial charge in [-0.2, -0.15) is 0 Å². The zero-order chi connectivity index (χ0) is 10.7. The van der Waals surface area contributed by atoms with Gasteiger partial charge in [-0.05, 0) is 18.8 Å². The van der Waals surface area contributed by atoms with E-state index in [1.54, 1.807) is 11.8 Å². The van der Waals surface area contributed by atoms with Gasteiger partial charge in [0.2, 0.25) is 5.91 Å². The molecular weight excluding hydrogens is 244 g/mol. The fourth-order valence-corrected chi connectivity index (χ4v) is 3.37. The first-order valence-corrected chi connectivity index (χ1v) is 7.02. The Labute approximate surface area is 108 Å². The van der Waals surface area contributed by atoms with Gasteiger partial charge in [-0.3, -0.25) is 10.1 Å². The van der Waals surface area contributed by atoms with Gasteiger partial charge in [0, 0.05) is 17.7 Å². The van der Waals surface area contributed by atoms with Gasteiger partial charge in [0.15, 0.2) is 0 Å². The standard InChI is InChI=1S/C11H20N2OS.ClH/c1-8-3-2-4-9(5-8)13-11(14)10-6-15-7-12-10;/h8-10,12H,2-7H2,1H3,(H,13,14);1H. The second kappa shape index (κ2) is 6.72. The molecular formula is C11H21ClN2OS. The summed E-state index contributed by atoms with van der Waals surface area (Å²) < 4.78 is 0. The van der Waals surface area contributed by atoms with Crippen molar-refractivity contribution in [3.05, 3.63) is 0 Å². The molecule has 2 fully saturated rings. The van der Waals surface area contributed by atoms with E-state index in [-0.39, 0.29) is 24.4 Å². The summed E-state index contributed by atoms with van der Waals surface area (Å²) >= 11 is 1.80. The number of rotatable bonds is 2. The highest BCUT2D eigenvalue weighted by molar-refractivity contribution is 7.99. The van der Waals surface area contributed by atoms with Crippen LogP contribution in [0.1, 0.15) is 32.6 Å². The predicted molar refractivity (Wildman–Crippen MR) is 71.1 cm³/mol. The predicted octanol–water partition coefficient (Wildman–Crippen LogP) is 1.77. The number of amides is 1. The molecule has 1 aliphatic carbocycles. The lowest BCUT2D eigenvalue weighted by Crippen LogP contribution is -2.47. The Kier molecular flexibility index (Phi) is 5.94. The summed E-state index contributed by atoms with van der Waals surface area (Å²) in [5.74, 6) is 2.82. The maximum atomic E-state index is 11.8. The average molecular weight is 265 g/mol. The minimum Gasteiger partial charge on any atom is -0.352 e. The Morgan fingerprint density at radius 2 is 2.25 bits per heavy atom. The molecule has 2 rings (SSSR count). The lowest BCUT2D eigenvalue weighted by Gasteiger charge is -2.28. The number of hydrogen-bond acceptors (Lipinski definition) is 3. The largest absolute Gasteiger partial charge is 0.352 e. The van der Waals surface area contributed by atoms with Gasteiger partial charge in [-0.25, -0.2) is 0 Å². The van der Waals surface area contributed by atoms with Crippen molar-refractivity contribution in [1.29, 1.82) is 0 Å². The smallest absolute Gasteiger partial charge is 0.238 e. The Hall–Kier alpha value is 0.0700. The van der Waals surface area contributed by atoms with Gasteiger partial charge in [0.05, 0.1) is 6.04 Å². The second-order valence-electron chi connectivity index (χ2n) is 4.75. The van der Waals surface area contributed by atoms with Gasteiger partial charge in [0.25, 0.3) is 0 Å². The van der Waals surface area contributed by atoms with Crippen molar-refractivity contribution in [3.8, 4) is 0 Å². The maximum Gasteiger partial charge on any atom is 0.238 e. The number of hydrogen-bond donors (Lipinski definition) is 2. The van der Waals surface area contributed by atoms with Gasteiger partial charge < -0.3 is 5.32 Å². The molecule has 2 N–H and O–H groups in total. The van der Waals surface area contributed by atoms with Crippen molar-refractivity contribution >= 4 is 30.1 Å². The summed E-state index contributed by atoms with van der Waals surface area (Å²) in [6.07, 6.45) is 4.91. The molecule has 0 aromatic rings. The van der Waals surface area contributed by atoms with Crippen LogP contribution in [-0.4, -0.2) is 29.6 Å². The molecule has 2 aliphatic rings. The first-order chi connectivity index (χ1) is 7.25. The van der Waals surface area contributed by atoms with Crippen LogP contribution in [0.25, 0.3) is 0 Å². The number of carbonyl (C=O) groups is 1. The van der Waals surface area contributed by atoms with E-state index in [1.165, 1.54) is 12.8 Å². The third-order valence-corrected chi connectivity index (χ3v) is 4.26. The van der Waals surface area contributed by atoms with Crippen molar-refractivity contribution in [2.75, 3.05) is 11.6 Å². The molecule has 1 aliphatic heterocycles. The summed E-state index contributed by atoms with van der Waals surface area (Å²) in [5, 5.41) is 6.38. The third-order valence-electron chi connectivity index (χ3n) is 3.32. The van der Waals surface area contributed by atoms with Crippen LogP contribution in [0.4, 0.5) is 0 Å². The topological polar surface area (TPSA) is 41.1 Å². The van der Waals surface area contributed by atoms with Crippen LogP contribution in [0, 0.1) is 5.92 Å². The minimum absolute atomic E-state index is 0. The fourth-order valence-electron chi connectivity index (χ4n) is 2.43. The van der Waals surface area contributed by atoms with Gasteiger partial charge in [-0.1, -0.05) is 19.8 Å². The molecule has 1 saturated heterocycles. The van der Waals surface area contributed by atoms with Crippen LogP contribution in [0.15, 0.2) is 0 Å². The Bertz CT molecular complexity index is 234. The van der Waals surface area contributed by atoms with Gasteiger partial charge in [0.1, 0.15) is 0 Å². The van der Waals surface area contributed by atoms with Crippen LogP contribution in [0.5, 0.6) is 0 Å². The van der Waals surface area contributed by atoms with Gasteiger partial charge >= 0.3 is 0 Å². The molecule has 0 bridgehead atoms. The van der Waals surface area contributed by atoms with Crippen LogP contribution in [-0.2, 0) is 4.79 Å². The lowest BCUT2D eigenvalue weighted by molar-refractivity contribution is -0.123. The zero-order valence-electron chi connectivity index (χ0n) is 9.70. The molecule has 3 atom stereocenters. The van der Waals surface area contributed by atoms with Crippen molar-refractivity contribution in [1.82, 2.24) is 10.6 Å². The van der Waals surface area contributed by atoms with Crippen LogP contribution < -0.4 is 10.6 Å². The Morgan fingerprint density at radius 3 is 2.88 bits per heavy atom. The summed E-state index contributed by atoms with van der Waals surface area (Å²) in [4.78, 5) is 11.8. The highest BCUT2D eigenvalue weighted by Gasteiger charge is 2.26. The fraction of sp³-hybridized carbons (Fsp3) is 0.909. The van der Waals surface area contributed by atoms with E-state index >= 15 is 0 Å². The second-order valence-corrected chi connectivity index (χ2v) is 5.78. The van der Waals surface area contributed by atoms with Crippen LogP contribution >= 0.6 is 24.2 Å². The summed E-state index contributed by atoms with van der Waals surface area (Å²) in [5.41, 5.74) is 0. The van der Waals surface area contributed by atoms with Gasteiger partial charge in [-0.15, -0.1) is 24.2 Å². The molecule has 1 saturated carbocycles. The third kappa shape index (κ3) is 3.82. The normalized spacial score (nSPS) is 34.2. The minimum atomic E-state index is 0. The molecule has 94 valence electrons. The molecule has 5 heteroatoms.